The van der Waals surface area contributed by atoms with E-state index < -0.39 is 45.5 Å². The van der Waals surface area contributed by atoms with Gasteiger partial charge in [0.25, 0.3) is 0 Å². The molecule has 11 heteroatoms. The highest BCUT2D eigenvalue weighted by atomic mass is 32.2. The van der Waals surface area contributed by atoms with E-state index in [0.29, 0.717) is 0 Å². The highest BCUT2D eigenvalue weighted by molar-refractivity contribution is 7.90. The van der Waals surface area contributed by atoms with Crippen molar-refractivity contribution in [2.45, 2.75) is 37.4 Å². The van der Waals surface area contributed by atoms with Crippen molar-refractivity contribution in [3.8, 4) is 0 Å². The van der Waals surface area contributed by atoms with Gasteiger partial charge in [-0.1, -0.05) is 105 Å². The minimum absolute atomic E-state index is 0.0360. The maximum Gasteiger partial charge on any atom is 0.511 e. The van der Waals surface area contributed by atoms with Crippen LogP contribution < -0.4 is 0 Å². The fourth-order valence-electron chi connectivity index (χ4n) is 5.27. The Balaban J connectivity index is 1.91. The Kier molecular flexibility index (Phi) is 8.69. The molecular formula is C30H30F3N3O4S. The standard InChI is InChI=1S/C30H30F3N3O4S/c1-22(2)27(28(37)38)36(41(39,40)30(31,32)33)20-18-26-34-19-21-35(26)29(23-12-6-3-7-13-23,24-14-8-4-9-15-24)25-16-10-5-11-17-25/h3-17,19,21-22,27H,18,20H2,1-2H3,(H,37,38)/t27-/m0/s1. The molecule has 0 radical (unpaired) electrons. The van der Waals surface area contributed by atoms with Gasteiger partial charge < -0.3 is 9.67 Å². The number of carboxylic acids is 1. The van der Waals surface area contributed by atoms with Crippen LogP contribution in [0.4, 0.5) is 13.2 Å². The van der Waals surface area contributed by atoms with Crippen LogP contribution in [0.3, 0.4) is 0 Å². The van der Waals surface area contributed by atoms with Gasteiger partial charge in [0.1, 0.15) is 17.4 Å². The van der Waals surface area contributed by atoms with Crippen LogP contribution in [-0.2, 0) is 26.8 Å². The quantitative estimate of drug-likeness (QED) is 0.234. The first-order valence-corrected chi connectivity index (χ1v) is 14.4. The van der Waals surface area contributed by atoms with Crippen molar-refractivity contribution in [2.24, 2.45) is 5.92 Å². The van der Waals surface area contributed by atoms with Gasteiger partial charge in [0.2, 0.25) is 0 Å². The van der Waals surface area contributed by atoms with Crippen molar-refractivity contribution in [1.29, 1.82) is 0 Å². The van der Waals surface area contributed by atoms with E-state index in [0.717, 1.165) is 16.7 Å². The average Bonchev–Trinajstić information content (AvgIpc) is 3.41. The molecule has 0 unspecified atom stereocenters. The number of aliphatic carboxylic acids is 1. The fourth-order valence-corrected chi connectivity index (χ4v) is 6.50. The van der Waals surface area contributed by atoms with Crippen LogP contribution in [0.5, 0.6) is 0 Å². The molecule has 0 spiro atoms. The predicted octanol–water partition coefficient (Wildman–Crippen LogP) is 5.53. The summed E-state index contributed by atoms with van der Waals surface area (Å²) in [7, 11) is -5.97. The molecule has 0 aliphatic rings. The second-order valence-electron chi connectivity index (χ2n) is 9.86. The largest absolute Gasteiger partial charge is 0.511 e. The van der Waals surface area contributed by atoms with Crippen molar-refractivity contribution in [3.63, 3.8) is 0 Å². The SMILES string of the molecule is CC(C)[C@@H](C(=O)O)N(CCc1nccn1C(c1ccccc1)(c1ccccc1)c1ccccc1)S(=O)(=O)C(F)(F)F. The number of nitrogens with zero attached hydrogens (tertiary/aromatic N) is 3. The van der Waals surface area contributed by atoms with Crippen molar-refractivity contribution >= 4 is 16.0 Å². The highest BCUT2D eigenvalue weighted by Gasteiger charge is 2.53. The lowest BCUT2D eigenvalue weighted by molar-refractivity contribution is -0.143. The van der Waals surface area contributed by atoms with Gasteiger partial charge >= 0.3 is 21.5 Å². The van der Waals surface area contributed by atoms with Crippen LogP contribution in [0.15, 0.2) is 103 Å². The molecule has 3 aromatic carbocycles. The molecule has 1 N–H and O–H groups in total. The second kappa shape index (κ2) is 11.9. The number of aromatic nitrogens is 2. The van der Waals surface area contributed by atoms with Crippen molar-refractivity contribution in [1.82, 2.24) is 13.9 Å². The first-order chi connectivity index (χ1) is 19.4. The van der Waals surface area contributed by atoms with E-state index in [-0.39, 0.29) is 16.6 Å². The van der Waals surface area contributed by atoms with Gasteiger partial charge in [-0.25, -0.2) is 13.4 Å². The summed E-state index contributed by atoms with van der Waals surface area (Å²) in [5.74, 6) is -2.32. The Morgan fingerprint density at radius 3 is 1.68 bits per heavy atom. The lowest BCUT2D eigenvalue weighted by Crippen LogP contribution is -2.53. The second-order valence-corrected chi connectivity index (χ2v) is 11.7. The number of hydrogen-bond acceptors (Lipinski definition) is 4. The number of halogens is 3. The number of carboxylic acid groups (broad SMARTS) is 1. The van der Waals surface area contributed by atoms with Gasteiger partial charge in [0.05, 0.1) is 0 Å². The van der Waals surface area contributed by atoms with E-state index in [9.17, 15) is 31.5 Å². The minimum atomic E-state index is -5.97. The topological polar surface area (TPSA) is 92.5 Å². The lowest BCUT2D eigenvalue weighted by atomic mass is 9.76. The molecule has 41 heavy (non-hydrogen) atoms. The first-order valence-electron chi connectivity index (χ1n) is 12.9. The van der Waals surface area contributed by atoms with Crippen LogP contribution in [0.2, 0.25) is 0 Å². The Bertz CT molecular complexity index is 1460. The minimum Gasteiger partial charge on any atom is -0.480 e. The summed E-state index contributed by atoms with van der Waals surface area (Å²) in [6.07, 6.45) is 2.91. The number of rotatable bonds is 11. The summed E-state index contributed by atoms with van der Waals surface area (Å²) in [6.45, 7) is 1.98. The molecule has 216 valence electrons. The van der Waals surface area contributed by atoms with Gasteiger partial charge in [0, 0.05) is 25.4 Å². The average molecular weight is 586 g/mol. The smallest absolute Gasteiger partial charge is 0.480 e. The normalized spacial score (nSPS) is 13.4. The molecule has 4 aromatic rings. The summed E-state index contributed by atoms with van der Waals surface area (Å²) in [5, 5.41) is 9.74. The monoisotopic (exact) mass is 585 g/mol. The van der Waals surface area contributed by atoms with Gasteiger partial charge in [0.15, 0.2) is 0 Å². The number of alkyl halides is 3. The van der Waals surface area contributed by atoms with Gasteiger partial charge in [-0.2, -0.15) is 17.5 Å². The summed E-state index contributed by atoms with van der Waals surface area (Å²) >= 11 is 0. The van der Waals surface area contributed by atoms with Crippen LogP contribution in [-0.4, -0.2) is 51.4 Å². The maximum atomic E-state index is 13.7. The Morgan fingerprint density at radius 1 is 0.878 bits per heavy atom. The van der Waals surface area contributed by atoms with Crippen LogP contribution in [0.25, 0.3) is 0 Å². The van der Waals surface area contributed by atoms with Gasteiger partial charge in [-0.05, 0) is 22.6 Å². The summed E-state index contributed by atoms with van der Waals surface area (Å²) in [4.78, 5) is 16.4. The third-order valence-corrected chi connectivity index (χ3v) is 8.62. The zero-order valence-corrected chi connectivity index (χ0v) is 23.3. The molecule has 1 aromatic heterocycles. The van der Waals surface area contributed by atoms with E-state index in [1.807, 2.05) is 95.6 Å². The highest BCUT2D eigenvalue weighted by Crippen LogP contribution is 2.41. The molecule has 1 heterocycles. The van der Waals surface area contributed by atoms with Gasteiger partial charge in [-0.15, -0.1) is 0 Å². The molecule has 0 saturated heterocycles. The van der Waals surface area contributed by atoms with E-state index in [2.05, 4.69) is 4.98 Å². The lowest BCUT2D eigenvalue weighted by Gasteiger charge is -2.39. The summed E-state index contributed by atoms with van der Waals surface area (Å²) in [6, 6.07) is 26.6. The van der Waals surface area contributed by atoms with Crippen molar-refractivity contribution in [2.75, 3.05) is 6.54 Å². The Labute approximate surface area is 236 Å². The fraction of sp³-hybridized carbons (Fsp3) is 0.267. The molecule has 7 nitrogen and oxygen atoms in total. The molecule has 0 aliphatic carbocycles. The maximum absolute atomic E-state index is 13.7. The van der Waals surface area contributed by atoms with Crippen molar-refractivity contribution in [3.05, 3.63) is 126 Å². The molecule has 0 aliphatic heterocycles. The van der Waals surface area contributed by atoms with E-state index in [4.69, 9.17) is 0 Å². The number of sulfonamides is 1. The van der Waals surface area contributed by atoms with Crippen LogP contribution in [0, 0.1) is 5.92 Å². The summed E-state index contributed by atoms with van der Waals surface area (Å²) < 4.78 is 68.3. The Hall–Kier alpha value is -3.96. The molecule has 4 rings (SSSR count). The predicted molar refractivity (Wildman–Crippen MR) is 148 cm³/mol. The number of carbonyl (C=O) groups is 1. The first kappa shape index (κ1) is 30.0. The number of benzene rings is 3. The Morgan fingerprint density at radius 2 is 1.32 bits per heavy atom. The van der Waals surface area contributed by atoms with Gasteiger partial charge in [-0.3, -0.25) is 4.79 Å². The zero-order valence-electron chi connectivity index (χ0n) is 22.4. The number of imidazole rings is 1. The van der Waals surface area contributed by atoms with Crippen LogP contribution >= 0.6 is 0 Å². The van der Waals surface area contributed by atoms with E-state index in [1.54, 1.807) is 6.20 Å². The molecule has 1 atom stereocenters. The molecular weight excluding hydrogens is 555 g/mol. The number of hydrogen-bond donors (Lipinski definition) is 1. The molecule has 0 bridgehead atoms. The zero-order chi connectivity index (χ0) is 29.8. The summed E-state index contributed by atoms with van der Waals surface area (Å²) in [5.41, 5.74) is -4.20. The third kappa shape index (κ3) is 5.64. The van der Waals surface area contributed by atoms with Crippen LogP contribution in [0.1, 0.15) is 36.4 Å². The molecule has 0 fully saturated rings. The third-order valence-electron chi connectivity index (χ3n) is 7.01. The molecule has 0 amide bonds. The van der Waals surface area contributed by atoms with E-state index in [1.165, 1.54) is 20.0 Å². The van der Waals surface area contributed by atoms with Crippen molar-refractivity contribution < 1.29 is 31.5 Å². The van der Waals surface area contributed by atoms with E-state index >= 15 is 0 Å². The molecule has 0 saturated carbocycles.